The van der Waals surface area contributed by atoms with Crippen LogP contribution in [0.5, 0.6) is 0 Å². The molecule has 0 spiro atoms. The molecule has 0 aliphatic rings. The molecule has 0 saturated carbocycles. The minimum atomic E-state index is 0. The van der Waals surface area contributed by atoms with Crippen LogP contribution in [0.1, 0.15) is 39.5 Å². The van der Waals surface area contributed by atoms with Gasteiger partial charge in [-0.2, -0.15) is 0 Å². The summed E-state index contributed by atoms with van der Waals surface area (Å²) in [5, 5.41) is 3.28. The van der Waals surface area contributed by atoms with Gasteiger partial charge in [-0.15, -0.1) is 0 Å². The third-order valence-corrected chi connectivity index (χ3v) is 5.90. The van der Waals surface area contributed by atoms with Crippen LogP contribution in [0.4, 0.5) is 0 Å². The Morgan fingerprint density at radius 3 is 1.45 bits per heavy atom. The Hall–Kier alpha value is 1.20. The van der Waals surface area contributed by atoms with E-state index >= 15 is 0 Å². The van der Waals surface area contributed by atoms with Crippen molar-refractivity contribution in [3.63, 3.8) is 0 Å². The van der Waals surface area contributed by atoms with Crippen LogP contribution in [0.25, 0.3) is 0 Å². The third kappa shape index (κ3) is 18.3. The van der Waals surface area contributed by atoms with Gasteiger partial charge in [-0.25, -0.2) is 0 Å². The number of rotatable bonds is 6. The zero-order chi connectivity index (χ0) is 6.95. The molecule has 11 heavy (non-hydrogen) atoms. The molecule has 0 rings (SSSR count). The van der Waals surface area contributed by atoms with Gasteiger partial charge in [0.15, 0.2) is 0 Å². The van der Waals surface area contributed by atoms with Gasteiger partial charge in [0.25, 0.3) is 0 Å². The SMILES string of the molecule is CCC[CH2][Zn+2][CH2]CCC.[Cl-].[Cl-]. The first-order valence-electron chi connectivity index (χ1n) is 4.41. The van der Waals surface area contributed by atoms with E-state index in [1.807, 2.05) is 0 Å². The van der Waals surface area contributed by atoms with Crippen LogP contribution < -0.4 is 24.8 Å². The molecule has 0 bridgehead atoms. The largest absolute Gasteiger partial charge is 1.00 e. The molecule has 0 N–H and O–H groups in total. The van der Waals surface area contributed by atoms with E-state index in [0.29, 0.717) is 0 Å². The van der Waals surface area contributed by atoms with Crippen molar-refractivity contribution in [3.8, 4) is 0 Å². The monoisotopic (exact) mass is 248 g/mol. The van der Waals surface area contributed by atoms with Crippen LogP contribution in [0.15, 0.2) is 0 Å². The first kappa shape index (κ1) is 18.1. The van der Waals surface area contributed by atoms with E-state index < -0.39 is 0 Å². The fourth-order valence-corrected chi connectivity index (χ4v) is 5.35. The molecule has 0 unspecified atom stereocenters. The van der Waals surface area contributed by atoms with Gasteiger partial charge in [0.05, 0.1) is 0 Å². The Morgan fingerprint density at radius 1 is 0.818 bits per heavy atom. The molecule has 0 aliphatic carbocycles. The first-order chi connectivity index (χ1) is 4.41. The zero-order valence-corrected chi connectivity index (χ0v) is 12.2. The van der Waals surface area contributed by atoms with Crippen LogP contribution in [0.3, 0.4) is 0 Å². The Bertz CT molecular complexity index is 45.4. The molecule has 0 aliphatic heterocycles. The number of hydrogen-bond donors (Lipinski definition) is 0. The topological polar surface area (TPSA) is 0 Å². The summed E-state index contributed by atoms with van der Waals surface area (Å²) in [7, 11) is 0. The molecule has 3 heteroatoms. The van der Waals surface area contributed by atoms with E-state index in [1.165, 1.54) is 25.7 Å². The number of hydrogen-bond acceptors (Lipinski definition) is 0. The van der Waals surface area contributed by atoms with Crippen molar-refractivity contribution in [2.24, 2.45) is 0 Å². The maximum absolute atomic E-state index is 2.29. The summed E-state index contributed by atoms with van der Waals surface area (Å²) in [6.07, 6.45) is 5.86. The standard InChI is InChI=1S/2C4H9.2ClH.Zn/c2*1-3-4-2;;;/h2*1,3-4H2,2H3;2*1H;/q;;;;+2/p-2. The quantitative estimate of drug-likeness (QED) is 0.362. The van der Waals surface area contributed by atoms with Crippen molar-refractivity contribution in [1.29, 1.82) is 0 Å². The molecule has 0 aromatic rings. The molecule has 0 heterocycles. The van der Waals surface area contributed by atoms with Gasteiger partial charge >= 0.3 is 66.7 Å². The summed E-state index contributed by atoms with van der Waals surface area (Å²) < 4.78 is 0. The summed E-state index contributed by atoms with van der Waals surface area (Å²) in [5.74, 6) is 0. The minimum absolute atomic E-state index is 0. The van der Waals surface area contributed by atoms with Crippen molar-refractivity contribution in [2.45, 2.75) is 49.6 Å². The van der Waals surface area contributed by atoms with Crippen molar-refractivity contribution in [3.05, 3.63) is 0 Å². The summed E-state index contributed by atoms with van der Waals surface area (Å²) in [6, 6.07) is 0. The smallest absolute Gasteiger partial charge is 1.00 e. The normalized spacial score (nSPS) is 8.55. The van der Waals surface area contributed by atoms with E-state index in [2.05, 4.69) is 13.8 Å². The third-order valence-electron chi connectivity index (χ3n) is 1.71. The second-order valence-corrected chi connectivity index (χ2v) is 7.22. The molecular weight excluding hydrogens is 232 g/mol. The van der Waals surface area contributed by atoms with Crippen LogP contribution in [-0.2, 0) is 17.1 Å². The molecule has 0 aromatic carbocycles. The summed E-state index contributed by atoms with van der Waals surface area (Å²) in [6.45, 7) is 4.59. The van der Waals surface area contributed by atoms with Gasteiger partial charge in [0, 0.05) is 0 Å². The fourth-order valence-electron chi connectivity index (χ4n) is 1.03. The van der Waals surface area contributed by atoms with Crippen LogP contribution in [-0.4, -0.2) is 0 Å². The van der Waals surface area contributed by atoms with Crippen LogP contribution in [0.2, 0.25) is 10.0 Å². The van der Waals surface area contributed by atoms with E-state index in [1.54, 1.807) is 10.0 Å². The molecule has 0 radical (unpaired) electrons. The minimum Gasteiger partial charge on any atom is -1.00 e. The number of unbranched alkanes of at least 4 members (excludes halogenated alkanes) is 2. The predicted molar refractivity (Wildman–Crippen MR) is 39.4 cm³/mol. The van der Waals surface area contributed by atoms with E-state index in [0.717, 1.165) is 0 Å². The van der Waals surface area contributed by atoms with Crippen molar-refractivity contribution in [1.82, 2.24) is 0 Å². The predicted octanol–water partition coefficient (Wildman–Crippen LogP) is -2.49. The molecule has 0 amide bonds. The maximum atomic E-state index is 2.29. The second kappa shape index (κ2) is 17.3. The van der Waals surface area contributed by atoms with E-state index in [9.17, 15) is 0 Å². The van der Waals surface area contributed by atoms with Gasteiger partial charge in [0.2, 0.25) is 0 Å². The van der Waals surface area contributed by atoms with Crippen molar-refractivity contribution < 1.29 is 41.9 Å². The summed E-state index contributed by atoms with van der Waals surface area (Å²) in [5.41, 5.74) is 0. The van der Waals surface area contributed by atoms with Gasteiger partial charge in [-0.3, -0.25) is 0 Å². The van der Waals surface area contributed by atoms with Crippen LogP contribution in [0, 0.1) is 0 Å². The van der Waals surface area contributed by atoms with Gasteiger partial charge in [0.1, 0.15) is 0 Å². The van der Waals surface area contributed by atoms with Gasteiger partial charge in [-0.1, -0.05) is 0 Å². The summed E-state index contributed by atoms with van der Waals surface area (Å²) in [4.78, 5) is 0. The van der Waals surface area contributed by atoms with Crippen LogP contribution >= 0.6 is 0 Å². The number of halogens is 2. The summed E-state index contributed by atoms with van der Waals surface area (Å²) >= 11 is 0.0146. The molecule has 0 aromatic heterocycles. The first-order valence-corrected chi connectivity index (χ1v) is 8.61. The molecule has 0 fully saturated rings. The second-order valence-electron chi connectivity index (χ2n) is 2.77. The Kier molecular flexibility index (Phi) is 28.5. The Balaban J connectivity index is -0.000000320. The van der Waals surface area contributed by atoms with E-state index in [-0.39, 0.29) is 41.9 Å². The molecule has 0 saturated heterocycles. The molecular formula is C8H18Cl2Zn. The molecule has 66 valence electrons. The zero-order valence-electron chi connectivity index (χ0n) is 7.71. The Labute approximate surface area is 91.3 Å². The van der Waals surface area contributed by atoms with Gasteiger partial charge < -0.3 is 24.8 Å². The fraction of sp³-hybridized carbons (Fsp3) is 1.00. The average Bonchev–Trinajstić information content (AvgIpc) is 1.89. The maximum Gasteiger partial charge on any atom is -1.00 e. The molecule has 0 nitrogen and oxygen atoms in total. The Morgan fingerprint density at radius 2 is 1.18 bits per heavy atom. The van der Waals surface area contributed by atoms with E-state index in [4.69, 9.17) is 0 Å². The van der Waals surface area contributed by atoms with Crippen molar-refractivity contribution in [2.75, 3.05) is 0 Å². The average molecular weight is 251 g/mol. The van der Waals surface area contributed by atoms with Crippen molar-refractivity contribution >= 4 is 0 Å². The molecule has 0 atom stereocenters. The van der Waals surface area contributed by atoms with Gasteiger partial charge in [-0.05, 0) is 0 Å².